The van der Waals surface area contributed by atoms with Gasteiger partial charge >= 0.3 is 0 Å². The lowest BCUT2D eigenvalue weighted by molar-refractivity contribution is -0.120. The topological polar surface area (TPSA) is 54.1 Å². The summed E-state index contributed by atoms with van der Waals surface area (Å²) in [5, 5.41) is 4.01. The minimum absolute atomic E-state index is 0.0318. The maximum atomic E-state index is 12.1. The zero-order valence-electron chi connectivity index (χ0n) is 12.7. The van der Waals surface area contributed by atoms with Gasteiger partial charge in [-0.05, 0) is 58.2 Å². The molecule has 0 aliphatic heterocycles. The van der Waals surface area contributed by atoms with Gasteiger partial charge in [0.2, 0.25) is 5.91 Å². The van der Waals surface area contributed by atoms with Crippen LogP contribution in [0.3, 0.4) is 0 Å². The van der Waals surface area contributed by atoms with Crippen LogP contribution in [0.4, 0.5) is 0 Å². The Morgan fingerprint density at radius 2 is 2.22 bits per heavy atom. The number of halogens is 1. The fourth-order valence-electron chi connectivity index (χ4n) is 2.48. The van der Waals surface area contributed by atoms with Crippen molar-refractivity contribution < 1.29 is 9.53 Å². The lowest BCUT2D eigenvalue weighted by Crippen LogP contribution is -2.26. The minimum Gasteiger partial charge on any atom is -0.497 e. The number of carbonyl (C=O) groups is 1. The van der Waals surface area contributed by atoms with E-state index in [0.29, 0.717) is 13.0 Å². The van der Waals surface area contributed by atoms with Gasteiger partial charge in [0.05, 0.1) is 17.3 Å². The summed E-state index contributed by atoms with van der Waals surface area (Å²) in [6.45, 7) is 0.650. The Bertz CT molecular complexity index is 825. The number of hydrogen-bond donors (Lipinski definition) is 2. The van der Waals surface area contributed by atoms with Crippen LogP contribution >= 0.6 is 27.3 Å². The second kappa shape index (κ2) is 7.19. The third-order valence-corrected chi connectivity index (χ3v) is 5.33. The average Bonchev–Trinajstić information content (AvgIpc) is 3.13. The zero-order valence-corrected chi connectivity index (χ0v) is 15.1. The molecule has 6 heteroatoms. The van der Waals surface area contributed by atoms with Gasteiger partial charge in [-0.25, -0.2) is 0 Å². The predicted octanol–water partition coefficient (Wildman–Crippen LogP) is 3.90. The van der Waals surface area contributed by atoms with Gasteiger partial charge in [0, 0.05) is 28.5 Å². The number of fused-ring (bicyclic) bond motifs is 1. The van der Waals surface area contributed by atoms with Gasteiger partial charge in [0.25, 0.3) is 0 Å². The highest BCUT2D eigenvalue weighted by atomic mass is 79.9. The van der Waals surface area contributed by atoms with E-state index in [-0.39, 0.29) is 5.91 Å². The van der Waals surface area contributed by atoms with Crippen molar-refractivity contribution >= 4 is 44.1 Å². The summed E-state index contributed by atoms with van der Waals surface area (Å²) in [6, 6.07) is 9.93. The van der Waals surface area contributed by atoms with E-state index in [1.54, 1.807) is 18.4 Å². The molecule has 0 fully saturated rings. The van der Waals surface area contributed by atoms with E-state index in [1.807, 2.05) is 30.5 Å². The summed E-state index contributed by atoms with van der Waals surface area (Å²) in [6.07, 6.45) is 3.10. The van der Waals surface area contributed by atoms with Crippen molar-refractivity contribution in [1.29, 1.82) is 0 Å². The standard InChI is InChI=1S/C17H17BrN2O2S/c1-22-12-2-4-15-14(9-12)11(10-20-15)8-17(21)19-7-6-13-3-5-16(18)23-13/h2-5,9-10,20H,6-8H2,1H3,(H,19,21). The molecule has 0 saturated carbocycles. The molecule has 0 spiro atoms. The van der Waals surface area contributed by atoms with E-state index in [9.17, 15) is 4.79 Å². The average molecular weight is 393 g/mol. The van der Waals surface area contributed by atoms with Crippen LogP contribution in [0.2, 0.25) is 0 Å². The maximum Gasteiger partial charge on any atom is 0.224 e. The van der Waals surface area contributed by atoms with Crippen molar-refractivity contribution in [2.45, 2.75) is 12.8 Å². The Labute approximate surface area is 147 Å². The van der Waals surface area contributed by atoms with Crippen LogP contribution in [0.1, 0.15) is 10.4 Å². The number of amides is 1. The Morgan fingerprint density at radius 1 is 1.35 bits per heavy atom. The molecule has 0 radical (unpaired) electrons. The number of H-pyrrole nitrogens is 1. The first-order valence-corrected chi connectivity index (χ1v) is 8.91. The van der Waals surface area contributed by atoms with Crippen LogP contribution in [0, 0.1) is 0 Å². The highest BCUT2D eigenvalue weighted by Gasteiger charge is 2.09. The molecule has 3 aromatic rings. The summed E-state index contributed by atoms with van der Waals surface area (Å²) in [5.41, 5.74) is 1.99. The normalized spacial score (nSPS) is 10.9. The van der Waals surface area contributed by atoms with Crippen LogP contribution in [0.15, 0.2) is 40.3 Å². The SMILES string of the molecule is COc1ccc2[nH]cc(CC(=O)NCCc3ccc(Br)s3)c2c1. The lowest BCUT2D eigenvalue weighted by atomic mass is 10.1. The number of rotatable bonds is 6. The predicted molar refractivity (Wildman–Crippen MR) is 97.3 cm³/mol. The summed E-state index contributed by atoms with van der Waals surface area (Å²) in [4.78, 5) is 16.6. The summed E-state index contributed by atoms with van der Waals surface area (Å²) >= 11 is 5.14. The minimum atomic E-state index is 0.0318. The second-order valence-electron chi connectivity index (χ2n) is 5.21. The number of ether oxygens (including phenoxy) is 1. The van der Waals surface area contributed by atoms with E-state index < -0.39 is 0 Å². The molecule has 23 heavy (non-hydrogen) atoms. The molecule has 0 bridgehead atoms. The van der Waals surface area contributed by atoms with E-state index >= 15 is 0 Å². The molecule has 1 aromatic carbocycles. The van der Waals surface area contributed by atoms with Gasteiger partial charge in [-0.2, -0.15) is 0 Å². The second-order valence-corrected chi connectivity index (χ2v) is 7.76. The molecule has 2 N–H and O–H groups in total. The molecule has 3 rings (SSSR count). The largest absolute Gasteiger partial charge is 0.497 e. The molecule has 1 amide bonds. The third-order valence-electron chi connectivity index (χ3n) is 3.65. The van der Waals surface area contributed by atoms with Crippen LogP contribution in [0.5, 0.6) is 5.75 Å². The number of carbonyl (C=O) groups excluding carboxylic acids is 1. The van der Waals surface area contributed by atoms with Gasteiger partial charge in [-0.3, -0.25) is 4.79 Å². The van der Waals surface area contributed by atoms with Crippen molar-refractivity contribution in [3.05, 3.63) is 50.8 Å². The summed E-state index contributed by atoms with van der Waals surface area (Å²) < 4.78 is 6.37. The highest BCUT2D eigenvalue weighted by Crippen LogP contribution is 2.24. The van der Waals surface area contributed by atoms with E-state index in [4.69, 9.17) is 4.74 Å². The van der Waals surface area contributed by atoms with Gasteiger partial charge in [-0.15, -0.1) is 11.3 Å². The maximum absolute atomic E-state index is 12.1. The van der Waals surface area contributed by atoms with Crippen molar-refractivity contribution in [2.75, 3.05) is 13.7 Å². The molecule has 120 valence electrons. The number of aromatic amines is 1. The number of methoxy groups -OCH3 is 1. The summed E-state index contributed by atoms with van der Waals surface area (Å²) in [5.74, 6) is 0.825. The molecular formula is C17H17BrN2O2S. The van der Waals surface area contributed by atoms with Gasteiger partial charge in [0.1, 0.15) is 5.75 Å². The Balaban J connectivity index is 1.59. The van der Waals surface area contributed by atoms with Crippen molar-refractivity contribution in [3.8, 4) is 5.75 Å². The molecule has 0 aliphatic rings. The highest BCUT2D eigenvalue weighted by molar-refractivity contribution is 9.11. The fourth-order valence-corrected chi connectivity index (χ4v) is 3.96. The van der Waals surface area contributed by atoms with Crippen LogP contribution in [-0.4, -0.2) is 24.5 Å². The Kier molecular flexibility index (Phi) is 5.03. The monoisotopic (exact) mass is 392 g/mol. The molecule has 0 saturated heterocycles. The number of thiophene rings is 1. The molecule has 0 unspecified atom stereocenters. The molecule has 0 aliphatic carbocycles. The van der Waals surface area contributed by atoms with Gasteiger partial charge in [-0.1, -0.05) is 0 Å². The van der Waals surface area contributed by atoms with Crippen LogP contribution in [0.25, 0.3) is 10.9 Å². The van der Waals surface area contributed by atoms with E-state index in [2.05, 4.69) is 32.3 Å². The van der Waals surface area contributed by atoms with Crippen LogP contribution < -0.4 is 10.1 Å². The number of benzene rings is 1. The van der Waals surface area contributed by atoms with Gasteiger partial charge in [0.15, 0.2) is 0 Å². The molecule has 2 heterocycles. The zero-order chi connectivity index (χ0) is 16.2. The third kappa shape index (κ3) is 3.95. The quantitative estimate of drug-likeness (QED) is 0.668. The lowest BCUT2D eigenvalue weighted by Gasteiger charge is -2.04. The first kappa shape index (κ1) is 16.1. The Hall–Kier alpha value is -1.79. The van der Waals surface area contributed by atoms with E-state index in [1.165, 1.54) is 4.88 Å². The first-order valence-electron chi connectivity index (χ1n) is 7.30. The van der Waals surface area contributed by atoms with Crippen molar-refractivity contribution in [2.24, 2.45) is 0 Å². The van der Waals surface area contributed by atoms with Gasteiger partial charge < -0.3 is 15.0 Å². The number of nitrogens with one attached hydrogen (secondary N) is 2. The van der Waals surface area contributed by atoms with Crippen molar-refractivity contribution in [3.63, 3.8) is 0 Å². The number of aromatic nitrogens is 1. The molecule has 0 atom stereocenters. The van der Waals surface area contributed by atoms with E-state index in [0.717, 1.165) is 32.4 Å². The summed E-state index contributed by atoms with van der Waals surface area (Å²) in [7, 11) is 1.64. The molecule has 4 nitrogen and oxygen atoms in total. The smallest absolute Gasteiger partial charge is 0.224 e. The fraction of sp³-hybridized carbons (Fsp3) is 0.235. The van der Waals surface area contributed by atoms with Crippen molar-refractivity contribution in [1.82, 2.24) is 10.3 Å². The molecular weight excluding hydrogens is 376 g/mol. The molecule has 2 aromatic heterocycles. The number of hydrogen-bond acceptors (Lipinski definition) is 3. The Morgan fingerprint density at radius 3 is 2.96 bits per heavy atom. The first-order chi connectivity index (χ1) is 11.2. The van der Waals surface area contributed by atoms with Crippen LogP contribution in [-0.2, 0) is 17.6 Å².